The molecule has 10 heteroatoms. The van der Waals surface area contributed by atoms with E-state index >= 15 is 0 Å². The molecule has 2 unspecified atom stereocenters. The van der Waals surface area contributed by atoms with Crippen molar-refractivity contribution >= 4 is 34.9 Å². The first-order chi connectivity index (χ1) is 16.2. The lowest BCUT2D eigenvalue weighted by Gasteiger charge is -2.30. The molecule has 0 aromatic heterocycles. The number of hydrogen-bond acceptors (Lipinski definition) is 4. The second kappa shape index (κ2) is 8.89. The highest BCUT2D eigenvalue weighted by Gasteiger charge is 2.63. The van der Waals surface area contributed by atoms with Gasteiger partial charge in [0.2, 0.25) is 0 Å². The maximum Gasteiger partial charge on any atom is 0.435 e. The van der Waals surface area contributed by atoms with Gasteiger partial charge >= 0.3 is 6.18 Å². The van der Waals surface area contributed by atoms with E-state index in [0.717, 1.165) is 11.1 Å². The van der Waals surface area contributed by atoms with Gasteiger partial charge in [0.15, 0.2) is 0 Å². The third-order valence-corrected chi connectivity index (χ3v) is 7.14. The van der Waals surface area contributed by atoms with E-state index in [2.05, 4.69) is 10.5 Å². The Balaban J connectivity index is 1.53. The van der Waals surface area contributed by atoms with Gasteiger partial charge in [-0.2, -0.15) is 13.2 Å². The molecule has 1 amide bonds. The average molecular weight is 528 g/mol. The van der Waals surface area contributed by atoms with Crippen LogP contribution >= 0.6 is 23.2 Å². The molecule has 1 N–H and O–H groups in total. The fourth-order valence-electron chi connectivity index (χ4n) is 4.06. The number of nitrogens with zero attached hydrogens (tertiary/aromatic N) is 2. The Morgan fingerprint density at radius 2 is 1.71 bits per heavy atom. The van der Waals surface area contributed by atoms with Crippen LogP contribution in [0, 0.1) is 5.41 Å². The van der Waals surface area contributed by atoms with Crippen molar-refractivity contribution in [1.82, 2.24) is 10.2 Å². The standard InChI is InChI=1S/C25H26Cl2F3N3O2/c1-14(23(2,3)4)31-22(34)15-5-6-16-12-33(13-17(16)7-15)21-11-24(35-32-21,25(28,29)30)18-8-19(26)10-20(27)9-18/h5-10,14H,11-13H2,1-4H3,(H,31,34). The van der Waals surface area contributed by atoms with E-state index in [1.54, 1.807) is 17.0 Å². The Bertz CT molecular complexity index is 1170. The van der Waals surface area contributed by atoms with Crippen molar-refractivity contribution in [2.45, 2.75) is 65.0 Å². The second-order valence-corrected chi connectivity index (χ2v) is 11.0. The number of carbonyl (C=O) groups excluding carboxylic acids is 1. The summed E-state index contributed by atoms with van der Waals surface area (Å²) in [6.45, 7) is 8.76. The predicted molar refractivity (Wildman–Crippen MR) is 129 cm³/mol. The molecule has 2 aliphatic heterocycles. The Kier molecular flexibility index (Phi) is 6.51. The van der Waals surface area contributed by atoms with Crippen molar-refractivity contribution in [1.29, 1.82) is 0 Å². The minimum absolute atomic E-state index is 0.0415. The summed E-state index contributed by atoms with van der Waals surface area (Å²) in [5, 5.41) is 7.00. The molecule has 0 aliphatic carbocycles. The third-order valence-electron chi connectivity index (χ3n) is 6.70. The van der Waals surface area contributed by atoms with Crippen molar-refractivity contribution in [3.8, 4) is 0 Å². The zero-order valence-corrected chi connectivity index (χ0v) is 21.3. The highest BCUT2D eigenvalue weighted by molar-refractivity contribution is 6.34. The quantitative estimate of drug-likeness (QED) is 0.485. The van der Waals surface area contributed by atoms with Gasteiger partial charge in [0.1, 0.15) is 5.84 Å². The van der Waals surface area contributed by atoms with Gasteiger partial charge < -0.3 is 15.1 Å². The first-order valence-corrected chi connectivity index (χ1v) is 11.9. The number of hydrogen-bond donors (Lipinski definition) is 1. The smallest absolute Gasteiger partial charge is 0.372 e. The van der Waals surface area contributed by atoms with Crippen LogP contribution < -0.4 is 5.32 Å². The number of oxime groups is 1. The predicted octanol–water partition coefficient (Wildman–Crippen LogP) is 6.67. The molecule has 0 saturated carbocycles. The second-order valence-electron chi connectivity index (χ2n) is 10.2. The molecule has 4 rings (SSSR count). The highest BCUT2D eigenvalue weighted by Crippen LogP contribution is 2.49. The van der Waals surface area contributed by atoms with Crippen LogP contribution in [-0.2, 0) is 23.5 Å². The molecular formula is C25H26Cl2F3N3O2. The Hall–Kier alpha value is -2.45. The molecule has 2 heterocycles. The van der Waals surface area contributed by atoms with Crippen LogP contribution in [0.4, 0.5) is 13.2 Å². The third kappa shape index (κ3) is 4.96. The Labute approximate surface area is 212 Å². The first kappa shape index (κ1) is 25.6. The van der Waals surface area contributed by atoms with Gasteiger partial charge in [-0.15, -0.1) is 0 Å². The zero-order valence-electron chi connectivity index (χ0n) is 19.8. The van der Waals surface area contributed by atoms with Crippen molar-refractivity contribution in [3.63, 3.8) is 0 Å². The molecule has 2 atom stereocenters. The van der Waals surface area contributed by atoms with E-state index in [1.165, 1.54) is 18.2 Å². The van der Waals surface area contributed by atoms with Gasteiger partial charge in [0, 0.05) is 40.3 Å². The first-order valence-electron chi connectivity index (χ1n) is 11.2. The fourth-order valence-corrected chi connectivity index (χ4v) is 4.59. The maximum absolute atomic E-state index is 14.3. The Morgan fingerprint density at radius 3 is 2.31 bits per heavy atom. The molecule has 0 radical (unpaired) electrons. The molecule has 0 bridgehead atoms. The molecular weight excluding hydrogens is 502 g/mol. The van der Waals surface area contributed by atoms with Crippen LogP contribution in [0.15, 0.2) is 41.6 Å². The van der Waals surface area contributed by atoms with Crippen molar-refractivity contribution < 1.29 is 22.8 Å². The number of amides is 1. The van der Waals surface area contributed by atoms with Gasteiger partial charge in [0.05, 0.1) is 6.42 Å². The Morgan fingerprint density at radius 1 is 1.09 bits per heavy atom. The van der Waals surface area contributed by atoms with Crippen LogP contribution in [0.5, 0.6) is 0 Å². The van der Waals surface area contributed by atoms with Crippen molar-refractivity contribution in [2.24, 2.45) is 10.6 Å². The van der Waals surface area contributed by atoms with Crippen LogP contribution in [0.3, 0.4) is 0 Å². The van der Waals surface area contributed by atoms with E-state index in [4.69, 9.17) is 28.0 Å². The lowest BCUT2D eigenvalue weighted by molar-refractivity contribution is -0.275. The number of halogens is 5. The van der Waals surface area contributed by atoms with Gasteiger partial charge in [-0.1, -0.05) is 55.2 Å². The molecule has 188 valence electrons. The molecule has 0 fully saturated rings. The summed E-state index contributed by atoms with van der Waals surface area (Å²) in [6.07, 6.45) is -5.27. The zero-order chi connectivity index (χ0) is 25.8. The largest absolute Gasteiger partial charge is 0.435 e. The summed E-state index contributed by atoms with van der Waals surface area (Å²) >= 11 is 11.9. The SMILES string of the molecule is CC(NC(=O)c1ccc2c(c1)CN(C1=NOC(c3cc(Cl)cc(Cl)c3)(C(F)(F)F)C1)C2)C(C)(C)C. The highest BCUT2D eigenvalue weighted by atomic mass is 35.5. The normalized spacial score (nSPS) is 20.8. The molecule has 2 aromatic carbocycles. The van der Waals surface area contributed by atoms with Gasteiger partial charge in [0.25, 0.3) is 11.5 Å². The van der Waals surface area contributed by atoms with E-state index in [1.807, 2.05) is 33.8 Å². The molecule has 0 spiro atoms. The monoisotopic (exact) mass is 527 g/mol. The number of nitrogens with one attached hydrogen (secondary N) is 1. The summed E-state index contributed by atoms with van der Waals surface area (Å²) in [5.74, 6) is -0.0221. The summed E-state index contributed by atoms with van der Waals surface area (Å²) in [6, 6.07) is 9.05. The number of amidine groups is 1. The van der Waals surface area contributed by atoms with Crippen LogP contribution in [-0.4, -0.2) is 28.9 Å². The number of benzene rings is 2. The molecule has 2 aliphatic rings. The van der Waals surface area contributed by atoms with Crippen LogP contribution in [0.1, 0.15) is 61.2 Å². The van der Waals surface area contributed by atoms with E-state index in [0.29, 0.717) is 18.7 Å². The van der Waals surface area contributed by atoms with E-state index < -0.39 is 18.2 Å². The van der Waals surface area contributed by atoms with Gasteiger partial charge in [-0.3, -0.25) is 4.79 Å². The average Bonchev–Trinajstić information content (AvgIpc) is 3.36. The van der Waals surface area contributed by atoms with Gasteiger partial charge in [-0.05, 0) is 53.8 Å². The number of carbonyl (C=O) groups is 1. The van der Waals surface area contributed by atoms with Crippen molar-refractivity contribution in [2.75, 3.05) is 0 Å². The van der Waals surface area contributed by atoms with Crippen LogP contribution in [0.2, 0.25) is 10.0 Å². The summed E-state index contributed by atoms with van der Waals surface area (Å²) in [4.78, 5) is 19.6. The van der Waals surface area contributed by atoms with E-state index in [-0.39, 0.29) is 38.8 Å². The van der Waals surface area contributed by atoms with E-state index in [9.17, 15) is 18.0 Å². The molecule has 35 heavy (non-hydrogen) atoms. The molecule has 0 saturated heterocycles. The molecule has 2 aromatic rings. The number of fused-ring (bicyclic) bond motifs is 1. The summed E-state index contributed by atoms with van der Waals surface area (Å²) in [5.41, 5.74) is -0.696. The fraction of sp³-hybridized carbons (Fsp3) is 0.440. The maximum atomic E-state index is 14.3. The summed E-state index contributed by atoms with van der Waals surface area (Å²) in [7, 11) is 0. The van der Waals surface area contributed by atoms with Gasteiger partial charge in [-0.25, -0.2) is 0 Å². The number of rotatable bonds is 3. The topological polar surface area (TPSA) is 53.9 Å². The minimum Gasteiger partial charge on any atom is -0.372 e. The lowest BCUT2D eigenvalue weighted by atomic mass is 9.88. The minimum atomic E-state index is -4.76. The van der Waals surface area contributed by atoms with Crippen LogP contribution in [0.25, 0.3) is 0 Å². The lowest BCUT2D eigenvalue weighted by Crippen LogP contribution is -2.43. The summed E-state index contributed by atoms with van der Waals surface area (Å²) < 4.78 is 42.8. The number of alkyl halides is 3. The van der Waals surface area contributed by atoms with Crippen molar-refractivity contribution in [3.05, 3.63) is 68.7 Å². The molecule has 5 nitrogen and oxygen atoms in total.